The number of unbranched alkanes of at least 4 members (excludes halogenated alkanes) is 3. The second-order valence-corrected chi connectivity index (χ2v) is 5.44. The van der Waals surface area contributed by atoms with Crippen LogP contribution in [0.1, 0.15) is 57.6 Å². The van der Waals surface area contributed by atoms with E-state index in [2.05, 4.69) is 18.8 Å². The monoisotopic (exact) mass is 274 g/mol. The minimum atomic E-state index is -1.06. The van der Waals surface area contributed by atoms with E-state index < -0.39 is 5.60 Å². The van der Waals surface area contributed by atoms with Crippen LogP contribution in [-0.4, -0.2) is 10.7 Å². The molecule has 0 amide bonds. The number of rotatable bonds is 5. The molecule has 1 rings (SSSR count). The molecule has 1 nitrogen and oxygen atoms in total. The Bertz CT molecular complexity index is 512. The van der Waals surface area contributed by atoms with Crippen molar-refractivity contribution >= 4 is 6.08 Å². The predicted molar refractivity (Wildman–Crippen MR) is 82.8 cm³/mol. The molecule has 0 aliphatic carbocycles. The fourth-order valence-electron chi connectivity index (χ4n) is 1.69. The topological polar surface area (TPSA) is 20.2 Å². The molecule has 1 aromatic rings. The maximum absolute atomic E-state index is 13.9. The molecule has 0 aliphatic rings. The second kappa shape index (κ2) is 7.87. The first-order valence-corrected chi connectivity index (χ1v) is 7.14. The van der Waals surface area contributed by atoms with Gasteiger partial charge in [0.15, 0.2) is 0 Å². The normalized spacial score (nSPS) is 11.4. The highest BCUT2D eigenvalue weighted by molar-refractivity contribution is 5.52. The molecule has 1 aromatic carbocycles. The van der Waals surface area contributed by atoms with Gasteiger partial charge in [0.2, 0.25) is 0 Å². The zero-order valence-corrected chi connectivity index (χ0v) is 12.5. The Morgan fingerprint density at radius 2 is 2.05 bits per heavy atom. The number of hydrogen-bond donors (Lipinski definition) is 1. The van der Waals surface area contributed by atoms with Crippen LogP contribution in [0.25, 0.3) is 6.08 Å². The predicted octanol–water partition coefficient (Wildman–Crippen LogP) is 4.54. The summed E-state index contributed by atoms with van der Waals surface area (Å²) in [4.78, 5) is 0. The summed E-state index contributed by atoms with van der Waals surface area (Å²) in [5.41, 5.74) is 0.0944. The summed E-state index contributed by atoms with van der Waals surface area (Å²) in [5.74, 6) is 5.17. The van der Waals surface area contributed by atoms with Crippen LogP contribution in [0.2, 0.25) is 0 Å². The summed E-state index contributed by atoms with van der Waals surface area (Å²) in [6, 6.07) is 4.90. The smallest absolute Gasteiger partial charge is 0.131 e. The van der Waals surface area contributed by atoms with Crippen LogP contribution in [0.4, 0.5) is 4.39 Å². The summed E-state index contributed by atoms with van der Waals surface area (Å²) < 4.78 is 13.9. The highest BCUT2D eigenvalue weighted by atomic mass is 19.1. The van der Waals surface area contributed by atoms with E-state index in [1.807, 2.05) is 12.2 Å². The summed E-state index contributed by atoms with van der Waals surface area (Å²) >= 11 is 0. The van der Waals surface area contributed by atoms with Gasteiger partial charge in [-0.3, -0.25) is 0 Å². The van der Waals surface area contributed by atoms with E-state index in [4.69, 9.17) is 0 Å². The Morgan fingerprint density at radius 1 is 1.30 bits per heavy atom. The third-order valence-electron chi connectivity index (χ3n) is 2.78. The second-order valence-electron chi connectivity index (χ2n) is 5.44. The van der Waals surface area contributed by atoms with Gasteiger partial charge in [-0.2, -0.15) is 0 Å². The third-order valence-corrected chi connectivity index (χ3v) is 2.78. The summed E-state index contributed by atoms with van der Waals surface area (Å²) in [6.45, 7) is 5.37. The molecule has 0 radical (unpaired) electrons. The van der Waals surface area contributed by atoms with E-state index in [9.17, 15) is 9.50 Å². The van der Waals surface area contributed by atoms with Crippen molar-refractivity contribution in [1.82, 2.24) is 0 Å². The molecule has 0 aliphatic heterocycles. The Kier molecular flexibility index (Phi) is 6.48. The van der Waals surface area contributed by atoms with Gasteiger partial charge in [0.05, 0.1) is 0 Å². The van der Waals surface area contributed by atoms with Crippen molar-refractivity contribution in [2.45, 2.75) is 52.1 Å². The maximum atomic E-state index is 13.9. The average Bonchev–Trinajstić information content (AvgIpc) is 2.37. The van der Waals surface area contributed by atoms with Crippen LogP contribution in [0.5, 0.6) is 0 Å². The summed E-state index contributed by atoms with van der Waals surface area (Å²) in [6.07, 6.45) is 8.35. The Hall–Kier alpha value is -1.59. The van der Waals surface area contributed by atoms with Crippen LogP contribution in [0, 0.1) is 17.7 Å². The minimum absolute atomic E-state index is 0.278. The highest BCUT2D eigenvalue weighted by Gasteiger charge is 2.06. The van der Waals surface area contributed by atoms with Crippen molar-refractivity contribution in [3.63, 3.8) is 0 Å². The fraction of sp³-hybridized carbons (Fsp3) is 0.444. The molecule has 0 bridgehead atoms. The molecule has 0 atom stereocenters. The van der Waals surface area contributed by atoms with E-state index >= 15 is 0 Å². The zero-order valence-electron chi connectivity index (χ0n) is 12.5. The quantitative estimate of drug-likeness (QED) is 0.617. The first-order valence-electron chi connectivity index (χ1n) is 7.14. The first kappa shape index (κ1) is 16.5. The third kappa shape index (κ3) is 6.54. The number of aliphatic hydroxyl groups is 1. The average molecular weight is 274 g/mol. The van der Waals surface area contributed by atoms with Crippen LogP contribution in [0.3, 0.4) is 0 Å². The van der Waals surface area contributed by atoms with Crippen LogP contribution in [0.15, 0.2) is 24.3 Å². The van der Waals surface area contributed by atoms with Crippen molar-refractivity contribution in [3.05, 3.63) is 41.2 Å². The number of halogens is 1. The van der Waals surface area contributed by atoms with E-state index in [1.165, 1.54) is 18.9 Å². The van der Waals surface area contributed by atoms with E-state index in [-0.39, 0.29) is 5.82 Å². The standard InChI is InChI=1S/C18H23FO/c1-4-5-6-7-8-9-16-11-10-15(14-17(16)19)12-13-18(2,3)20/h8-11,14,20H,4-7H2,1-3H3. The van der Waals surface area contributed by atoms with Crippen molar-refractivity contribution in [2.24, 2.45) is 0 Å². The Labute approximate surface area is 121 Å². The molecule has 108 valence electrons. The Morgan fingerprint density at radius 3 is 2.65 bits per heavy atom. The number of hydrogen-bond acceptors (Lipinski definition) is 1. The number of allylic oxidation sites excluding steroid dienone is 1. The van der Waals surface area contributed by atoms with Crippen LogP contribution >= 0.6 is 0 Å². The molecule has 1 N–H and O–H groups in total. The molecule has 20 heavy (non-hydrogen) atoms. The molecular weight excluding hydrogens is 251 g/mol. The van der Waals surface area contributed by atoms with Gasteiger partial charge in [0, 0.05) is 11.1 Å². The van der Waals surface area contributed by atoms with Crippen LogP contribution in [-0.2, 0) is 0 Å². The molecular formula is C18H23FO. The molecule has 0 heterocycles. The van der Waals surface area contributed by atoms with E-state index in [1.54, 1.807) is 26.0 Å². The molecule has 0 unspecified atom stereocenters. The summed E-state index contributed by atoms with van der Waals surface area (Å²) in [5, 5.41) is 9.51. The van der Waals surface area contributed by atoms with Gasteiger partial charge in [-0.15, -0.1) is 0 Å². The SMILES string of the molecule is CCCCCC=Cc1ccc(C#CC(C)(C)O)cc1F. The first-order chi connectivity index (χ1) is 9.42. The van der Waals surface area contributed by atoms with Gasteiger partial charge in [-0.1, -0.05) is 49.8 Å². The maximum Gasteiger partial charge on any atom is 0.131 e. The molecule has 0 fully saturated rings. The lowest BCUT2D eigenvalue weighted by molar-refractivity contribution is 0.143. The fourth-order valence-corrected chi connectivity index (χ4v) is 1.69. The van der Waals surface area contributed by atoms with E-state index in [0.717, 1.165) is 12.8 Å². The van der Waals surface area contributed by atoms with Crippen molar-refractivity contribution in [1.29, 1.82) is 0 Å². The van der Waals surface area contributed by atoms with Gasteiger partial charge < -0.3 is 5.11 Å². The zero-order chi connectivity index (χ0) is 15.0. The van der Waals surface area contributed by atoms with Gasteiger partial charge in [0.25, 0.3) is 0 Å². The van der Waals surface area contributed by atoms with Gasteiger partial charge >= 0.3 is 0 Å². The molecule has 0 aromatic heterocycles. The van der Waals surface area contributed by atoms with E-state index in [0.29, 0.717) is 11.1 Å². The lowest BCUT2D eigenvalue weighted by atomic mass is 10.1. The highest BCUT2D eigenvalue weighted by Crippen LogP contribution is 2.13. The molecule has 0 saturated carbocycles. The molecule has 0 spiro atoms. The lowest BCUT2D eigenvalue weighted by Crippen LogP contribution is -2.14. The van der Waals surface area contributed by atoms with Gasteiger partial charge in [0.1, 0.15) is 11.4 Å². The summed E-state index contributed by atoms with van der Waals surface area (Å²) in [7, 11) is 0. The van der Waals surface area contributed by atoms with Crippen molar-refractivity contribution in [2.75, 3.05) is 0 Å². The minimum Gasteiger partial charge on any atom is -0.378 e. The molecule has 0 saturated heterocycles. The van der Waals surface area contributed by atoms with Gasteiger partial charge in [-0.25, -0.2) is 4.39 Å². The largest absolute Gasteiger partial charge is 0.378 e. The van der Waals surface area contributed by atoms with Crippen molar-refractivity contribution < 1.29 is 9.50 Å². The number of benzene rings is 1. The Balaban J connectivity index is 2.70. The lowest BCUT2D eigenvalue weighted by Gasteiger charge is -2.06. The van der Waals surface area contributed by atoms with Gasteiger partial charge in [-0.05, 0) is 38.8 Å². The van der Waals surface area contributed by atoms with Crippen LogP contribution < -0.4 is 0 Å². The molecule has 2 heteroatoms. The van der Waals surface area contributed by atoms with Crippen molar-refractivity contribution in [3.8, 4) is 11.8 Å².